The number of hydrogen-bond acceptors (Lipinski definition) is 3. The third kappa shape index (κ3) is 1.74. The second-order valence-corrected chi connectivity index (χ2v) is 4.98. The van der Waals surface area contributed by atoms with Gasteiger partial charge in [0, 0.05) is 19.9 Å². The van der Waals surface area contributed by atoms with E-state index in [1.54, 1.807) is 11.3 Å². The SMILES string of the molecule is N#CCc1cc2c(Cl)cc(S)cc2s1. The van der Waals surface area contributed by atoms with Gasteiger partial charge in [0.05, 0.1) is 17.5 Å². The molecule has 0 aliphatic heterocycles. The highest BCUT2D eigenvalue weighted by Gasteiger charge is 2.05. The predicted molar refractivity (Wildman–Crippen MR) is 63.4 cm³/mol. The van der Waals surface area contributed by atoms with E-state index in [0.29, 0.717) is 11.4 Å². The Labute approximate surface area is 96.3 Å². The molecule has 0 aliphatic rings. The molecule has 0 amide bonds. The highest BCUT2D eigenvalue weighted by atomic mass is 35.5. The molecule has 0 N–H and O–H groups in total. The van der Waals surface area contributed by atoms with E-state index in [2.05, 4.69) is 18.7 Å². The number of hydrogen-bond donors (Lipinski definition) is 1. The number of nitriles is 1. The monoisotopic (exact) mass is 239 g/mol. The summed E-state index contributed by atoms with van der Waals surface area (Å²) in [6, 6.07) is 7.88. The van der Waals surface area contributed by atoms with Crippen molar-refractivity contribution in [1.82, 2.24) is 0 Å². The van der Waals surface area contributed by atoms with Crippen molar-refractivity contribution in [3.05, 3.63) is 28.1 Å². The van der Waals surface area contributed by atoms with Crippen molar-refractivity contribution in [1.29, 1.82) is 5.26 Å². The maximum Gasteiger partial charge on any atom is 0.0696 e. The van der Waals surface area contributed by atoms with Crippen LogP contribution >= 0.6 is 35.6 Å². The maximum absolute atomic E-state index is 8.58. The predicted octanol–water partition coefficient (Wildman–Crippen LogP) is 3.91. The number of rotatable bonds is 1. The summed E-state index contributed by atoms with van der Waals surface area (Å²) in [5.74, 6) is 0. The summed E-state index contributed by atoms with van der Waals surface area (Å²) in [7, 11) is 0. The highest BCUT2D eigenvalue weighted by Crippen LogP contribution is 2.33. The van der Waals surface area contributed by atoms with Crippen molar-refractivity contribution >= 4 is 45.7 Å². The molecular weight excluding hydrogens is 234 g/mol. The molecule has 1 aromatic heterocycles. The second kappa shape index (κ2) is 3.82. The van der Waals surface area contributed by atoms with Crippen molar-refractivity contribution in [2.75, 3.05) is 0 Å². The van der Waals surface area contributed by atoms with Crippen LogP contribution in [-0.4, -0.2) is 0 Å². The first kappa shape index (κ1) is 9.85. The van der Waals surface area contributed by atoms with Gasteiger partial charge < -0.3 is 0 Å². The molecule has 0 saturated carbocycles. The van der Waals surface area contributed by atoms with Crippen molar-refractivity contribution in [2.24, 2.45) is 0 Å². The molecule has 0 radical (unpaired) electrons. The van der Waals surface area contributed by atoms with Gasteiger partial charge >= 0.3 is 0 Å². The first-order valence-corrected chi connectivity index (χ1v) is 5.63. The zero-order valence-corrected chi connectivity index (χ0v) is 9.59. The molecule has 0 unspecified atom stereocenters. The van der Waals surface area contributed by atoms with Crippen LogP contribution in [0.25, 0.3) is 10.1 Å². The molecule has 0 fully saturated rings. The highest BCUT2D eigenvalue weighted by molar-refractivity contribution is 7.80. The molecule has 1 heterocycles. The number of thiophene rings is 1. The first-order chi connectivity index (χ1) is 6.70. The van der Waals surface area contributed by atoms with Gasteiger partial charge in [-0.05, 0) is 18.2 Å². The minimum atomic E-state index is 0.442. The van der Waals surface area contributed by atoms with Gasteiger partial charge in [-0.15, -0.1) is 24.0 Å². The van der Waals surface area contributed by atoms with Crippen LogP contribution in [0.15, 0.2) is 23.1 Å². The Balaban J connectivity index is 2.66. The van der Waals surface area contributed by atoms with Crippen LogP contribution in [0.4, 0.5) is 0 Å². The molecule has 70 valence electrons. The fourth-order valence-corrected chi connectivity index (χ4v) is 3.11. The van der Waals surface area contributed by atoms with E-state index in [4.69, 9.17) is 16.9 Å². The van der Waals surface area contributed by atoms with Gasteiger partial charge in [0.1, 0.15) is 0 Å². The lowest BCUT2D eigenvalue weighted by atomic mass is 10.2. The van der Waals surface area contributed by atoms with Gasteiger partial charge in [-0.2, -0.15) is 5.26 Å². The normalized spacial score (nSPS) is 10.4. The van der Waals surface area contributed by atoms with E-state index in [0.717, 1.165) is 19.9 Å². The molecule has 0 atom stereocenters. The van der Waals surface area contributed by atoms with E-state index >= 15 is 0 Å². The average molecular weight is 240 g/mol. The molecule has 1 nitrogen and oxygen atoms in total. The van der Waals surface area contributed by atoms with Gasteiger partial charge in [-0.25, -0.2) is 0 Å². The van der Waals surface area contributed by atoms with E-state index in [9.17, 15) is 0 Å². The zero-order chi connectivity index (χ0) is 10.1. The van der Waals surface area contributed by atoms with Crippen molar-refractivity contribution < 1.29 is 0 Å². The van der Waals surface area contributed by atoms with Crippen molar-refractivity contribution in [3.63, 3.8) is 0 Å². The number of nitrogens with zero attached hydrogens (tertiary/aromatic N) is 1. The number of benzene rings is 1. The third-order valence-electron chi connectivity index (χ3n) is 1.88. The van der Waals surface area contributed by atoms with E-state index < -0.39 is 0 Å². The molecule has 2 rings (SSSR count). The first-order valence-electron chi connectivity index (χ1n) is 3.98. The zero-order valence-electron chi connectivity index (χ0n) is 7.12. The average Bonchev–Trinajstić information content (AvgIpc) is 2.48. The Morgan fingerprint density at radius 1 is 1.43 bits per heavy atom. The lowest BCUT2D eigenvalue weighted by Gasteiger charge is -1.94. The van der Waals surface area contributed by atoms with Gasteiger partial charge in [0.15, 0.2) is 0 Å². The molecule has 0 bridgehead atoms. The van der Waals surface area contributed by atoms with E-state index in [1.807, 2.05) is 18.2 Å². The molecule has 1 aromatic carbocycles. The Morgan fingerprint density at radius 3 is 2.93 bits per heavy atom. The lowest BCUT2D eigenvalue weighted by molar-refractivity contribution is 1.32. The third-order valence-corrected chi connectivity index (χ3v) is 3.53. The molecule has 2 aromatic rings. The number of thiol groups is 1. The minimum Gasteiger partial charge on any atom is -0.198 e. The van der Waals surface area contributed by atoms with Gasteiger partial charge in [-0.1, -0.05) is 11.6 Å². The maximum atomic E-state index is 8.58. The Kier molecular flexibility index (Phi) is 2.69. The molecule has 0 spiro atoms. The van der Waals surface area contributed by atoms with Crippen molar-refractivity contribution in [2.45, 2.75) is 11.3 Å². The van der Waals surface area contributed by atoms with Crippen LogP contribution in [0.2, 0.25) is 5.02 Å². The van der Waals surface area contributed by atoms with Crippen molar-refractivity contribution in [3.8, 4) is 6.07 Å². The van der Waals surface area contributed by atoms with Crippen LogP contribution in [0.5, 0.6) is 0 Å². The van der Waals surface area contributed by atoms with Gasteiger partial charge in [0.25, 0.3) is 0 Å². The Hall–Kier alpha value is -0.690. The molecule has 0 saturated heterocycles. The topological polar surface area (TPSA) is 23.8 Å². The van der Waals surface area contributed by atoms with Gasteiger partial charge in [0.2, 0.25) is 0 Å². The summed E-state index contributed by atoms with van der Waals surface area (Å²) < 4.78 is 1.09. The standard InChI is InChI=1S/C10H6ClNS2/c11-9-3-6(13)4-10-8(9)5-7(14-10)1-2-12/h3-5,13H,1H2. The fourth-order valence-electron chi connectivity index (χ4n) is 1.30. The molecule has 4 heteroatoms. The van der Waals surface area contributed by atoms with E-state index in [-0.39, 0.29) is 0 Å². The summed E-state index contributed by atoms with van der Waals surface area (Å²) in [5.41, 5.74) is 0. The van der Waals surface area contributed by atoms with E-state index in [1.165, 1.54) is 0 Å². The summed E-state index contributed by atoms with van der Waals surface area (Å²) in [6.07, 6.45) is 0.442. The fraction of sp³-hybridized carbons (Fsp3) is 0.100. The van der Waals surface area contributed by atoms with Crippen LogP contribution < -0.4 is 0 Å². The number of halogens is 1. The van der Waals surface area contributed by atoms with Gasteiger partial charge in [-0.3, -0.25) is 0 Å². The summed E-state index contributed by atoms with van der Waals surface area (Å²) >= 11 is 11.9. The Bertz CT molecular complexity index is 525. The summed E-state index contributed by atoms with van der Waals surface area (Å²) in [4.78, 5) is 1.90. The summed E-state index contributed by atoms with van der Waals surface area (Å²) in [5, 5.41) is 10.3. The quantitative estimate of drug-likeness (QED) is 0.750. The molecule has 0 aliphatic carbocycles. The second-order valence-electron chi connectivity index (χ2n) is 2.89. The Morgan fingerprint density at radius 2 is 2.21 bits per heavy atom. The largest absolute Gasteiger partial charge is 0.198 e. The van der Waals surface area contributed by atoms with Crippen LogP contribution in [0.1, 0.15) is 4.88 Å². The lowest BCUT2D eigenvalue weighted by Crippen LogP contribution is -1.70. The summed E-state index contributed by atoms with van der Waals surface area (Å²) in [6.45, 7) is 0. The van der Waals surface area contributed by atoms with Crippen LogP contribution in [-0.2, 0) is 6.42 Å². The molecular formula is C10H6ClNS2. The van der Waals surface area contributed by atoms with Crippen LogP contribution in [0.3, 0.4) is 0 Å². The smallest absolute Gasteiger partial charge is 0.0696 e. The van der Waals surface area contributed by atoms with Crippen LogP contribution in [0, 0.1) is 11.3 Å². The minimum absolute atomic E-state index is 0.442. The molecule has 14 heavy (non-hydrogen) atoms. The number of fused-ring (bicyclic) bond motifs is 1.